The molecule has 0 aliphatic carbocycles. The van der Waals surface area contributed by atoms with Crippen molar-refractivity contribution >= 4 is 32.5 Å². The summed E-state index contributed by atoms with van der Waals surface area (Å²) in [4.78, 5) is 25.5. The standard InChI is InChI=1S/C13H16N2O5S/c1-7(2)21(18,19)8(3)12(16)14-9-4-5-11-10(6-9)15-13(17)20-11/h4-8H,1-3H3,(H,14,16)(H,15,17). The normalized spacial score (nSPS) is 13.5. The fraction of sp³-hybridized carbons (Fsp3) is 0.385. The molecular formula is C13H16N2O5S. The zero-order valence-corrected chi connectivity index (χ0v) is 12.7. The number of H-pyrrole nitrogens is 1. The van der Waals surface area contributed by atoms with Gasteiger partial charge in [-0.25, -0.2) is 13.2 Å². The molecule has 0 spiro atoms. The van der Waals surface area contributed by atoms with Crippen LogP contribution in [0.2, 0.25) is 0 Å². The number of fused-ring (bicyclic) bond motifs is 1. The first kappa shape index (κ1) is 15.3. The van der Waals surface area contributed by atoms with Gasteiger partial charge >= 0.3 is 5.76 Å². The molecule has 114 valence electrons. The van der Waals surface area contributed by atoms with Gasteiger partial charge in [-0.3, -0.25) is 9.78 Å². The van der Waals surface area contributed by atoms with E-state index in [0.29, 0.717) is 16.8 Å². The van der Waals surface area contributed by atoms with Crippen LogP contribution in [0.5, 0.6) is 0 Å². The van der Waals surface area contributed by atoms with Crippen LogP contribution < -0.4 is 11.1 Å². The number of anilines is 1. The van der Waals surface area contributed by atoms with E-state index in [1.165, 1.54) is 39.0 Å². The number of rotatable bonds is 4. The minimum absolute atomic E-state index is 0.362. The topological polar surface area (TPSA) is 109 Å². The molecule has 2 rings (SSSR count). The minimum Gasteiger partial charge on any atom is -0.408 e. The van der Waals surface area contributed by atoms with Crippen molar-refractivity contribution in [1.82, 2.24) is 4.98 Å². The first-order valence-electron chi connectivity index (χ1n) is 6.38. The van der Waals surface area contributed by atoms with Crippen LogP contribution in [0.3, 0.4) is 0 Å². The van der Waals surface area contributed by atoms with E-state index in [1.807, 2.05) is 0 Å². The number of carbonyl (C=O) groups is 1. The molecule has 0 radical (unpaired) electrons. The summed E-state index contributed by atoms with van der Waals surface area (Å²) in [6.07, 6.45) is 0. The Kier molecular flexibility index (Phi) is 3.91. The second-order valence-corrected chi connectivity index (χ2v) is 7.82. The van der Waals surface area contributed by atoms with Crippen LogP contribution >= 0.6 is 0 Å². The predicted octanol–water partition coefficient (Wildman–Crippen LogP) is 1.27. The Hall–Kier alpha value is -2.09. The van der Waals surface area contributed by atoms with Gasteiger partial charge in [-0.15, -0.1) is 0 Å². The molecule has 0 fully saturated rings. The molecule has 1 unspecified atom stereocenters. The molecule has 1 atom stereocenters. The van der Waals surface area contributed by atoms with Crippen molar-refractivity contribution in [2.24, 2.45) is 0 Å². The smallest absolute Gasteiger partial charge is 0.408 e. The molecule has 0 saturated carbocycles. The third-order valence-corrected chi connectivity index (χ3v) is 5.72. The molecule has 8 heteroatoms. The summed E-state index contributed by atoms with van der Waals surface area (Å²) in [6.45, 7) is 4.41. The number of aromatic amines is 1. The zero-order valence-electron chi connectivity index (χ0n) is 11.8. The maximum absolute atomic E-state index is 12.0. The summed E-state index contributed by atoms with van der Waals surface area (Å²) >= 11 is 0. The van der Waals surface area contributed by atoms with Crippen molar-refractivity contribution in [2.45, 2.75) is 31.3 Å². The first-order chi connectivity index (χ1) is 9.71. The lowest BCUT2D eigenvalue weighted by molar-refractivity contribution is -0.115. The third kappa shape index (κ3) is 2.99. The van der Waals surface area contributed by atoms with Crippen molar-refractivity contribution in [3.8, 4) is 0 Å². The first-order valence-corrected chi connectivity index (χ1v) is 7.99. The number of hydrogen-bond donors (Lipinski definition) is 2. The summed E-state index contributed by atoms with van der Waals surface area (Å²) < 4.78 is 28.8. The predicted molar refractivity (Wildman–Crippen MR) is 79.0 cm³/mol. The highest BCUT2D eigenvalue weighted by Crippen LogP contribution is 2.17. The second kappa shape index (κ2) is 5.36. The average Bonchev–Trinajstić information content (AvgIpc) is 2.76. The van der Waals surface area contributed by atoms with Crippen LogP contribution in [0.4, 0.5) is 5.69 Å². The van der Waals surface area contributed by atoms with Gasteiger partial charge in [0.1, 0.15) is 5.25 Å². The molecular weight excluding hydrogens is 296 g/mol. The quantitative estimate of drug-likeness (QED) is 0.883. The molecule has 1 aromatic heterocycles. The number of benzene rings is 1. The molecule has 2 N–H and O–H groups in total. The van der Waals surface area contributed by atoms with Crippen molar-refractivity contribution in [1.29, 1.82) is 0 Å². The molecule has 0 bridgehead atoms. The monoisotopic (exact) mass is 312 g/mol. The Bertz CT molecular complexity index is 832. The van der Waals surface area contributed by atoms with Crippen molar-refractivity contribution in [3.05, 3.63) is 28.7 Å². The van der Waals surface area contributed by atoms with Crippen LogP contribution in [0.1, 0.15) is 20.8 Å². The molecule has 2 aromatic rings. The fourth-order valence-corrected chi connectivity index (χ4v) is 3.00. The van der Waals surface area contributed by atoms with Gasteiger partial charge in [0.25, 0.3) is 0 Å². The number of carbonyl (C=O) groups excluding carboxylic acids is 1. The highest BCUT2D eigenvalue weighted by Gasteiger charge is 2.30. The van der Waals surface area contributed by atoms with E-state index in [-0.39, 0.29) is 0 Å². The van der Waals surface area contributed by atoms with Crippen LogP contribution in [0.25, 0.3) is 11.1 Å². The number of nitrogens with one attached hydrogen (secondary N) is 2. The van der Waals surface area contributed by atoms with E-state index < -0.39 is 32.0 Å². The Morgan fingerprint density at radius 1 is 1.29 bits per heavy atom. The molecule has 0 saturated heterocycles. The largest absolute Gasteiger partial charge is 0.417 e. The average molecular weight is 312 g/mol. The van der Waals surface area contributed by atoms with Gasteiger partial charge < -0.3 is 9.73 Å². The molecule has 1 heterocycles. The van der Waals surface area contributed by atoms with Crippen molar-refractivity contribution < 1.29 is 17.6 Å². The van der Waals surface area contributed by atoms with Crippen LogP contribution in [-0.2, 0) is 14.6 Å². The van der Waals surface area contributed by atoms with Crippen LogP contribution in [-0.4, -0.2) is 29.8 Å². The molecule has 0 aliphatic heterocycles. The van der Waals surface area contributed by atoms with Gasteiger partial charge in [-0.2, -0.15) is 0 Å². The highest BCUT2D eigenvalue weighted by molar-refractivity contribution is 7.93. The molecule has 21 heavy (non-hydrogen) atoms. The lowest BCUT2D eigenvalue weighted by Crippen LogP contribution is -2.36. The number of aromatic nitrogens is 1. The summed E-state index contributed by atoms with van der Waals surface area (Å²) in [5.41, 5.74) is 1.17. The van der Waals surface area contributed by atoms with E-state index >= 15 is 0 Å². The zero-order chi connectivity index (χ0) is 15.8. The lowest BCUT2D eigenvalue weighted by Gasteiger charge is -2.15. The Labute approximate surface area is 121 Å². The molecule has 0 aliphatic rings. The Morgan fingerprint density at radius 3 is 2.57 bits per heavy atom. The number of sulfone groups is 1. The molecule has 1 aromatic carbocycles. The highest BCUT2D eigenvalue weighted by atomic mass is 32.2. The van der Waals surface area contributed by atoms with E-state index in [9.17, 15) is 18.0 Å². The second-order valence-electron chi connectivity index (χ2n) is 4.99. The van der Waals surface area contributed by atoms with E-state index in [0.717, 1.165) is 0 Å². The van der Waals surface area contributed by atoms with Gasteiger partial charge in [0.2, 0.25) is 5.91 Å². The molecule has 1 amide bonds. The number of hydrogen-bond acceptors (Lipinski definition) is 5. The number of amides is 1. The van der Waals surface area contributed by atoms with E-state index in [1.54, 1.807) is 0 Å². The molecule has 7 nitrogen and oxygen atoms in total. The fourth-order valence-electron chi connectivity index (χ4n) is 1.83. The summed E-state index contributed by atoms with van der Waals surface area (Å²) in [6, 6.07) is 4.56. The van der Waals surface area contributed by atoms with E-state index in [2.05, 4.69) is 10.3 Å². The van der Waals surface area contributed by atoms with Crippen molar-refractivity contribution in [2.75, 3.05) is 5.32 Å². The van der Waals surface area contributed by atoms with Gasteiger partial charge in [0, 0.05) is 5.69 Å². The maximum Gasteiger partial charge on any atom is 0.417 e. The summed E-state index contributed by atoms with van der Waals surface area (Å²) in [5.74, 6) is -1.21. The Morgan fingerprint density at radius 2 is 1.95 bits per heavy atom. The lowest BCUT2D eigenvalue weighted by atomic mass is 10.3. The SMILES string of the molecule is CC(C)S(=O)(=O)C(C)C(=O)Nc1ccc2oc(=O)[nH]c2c1. The van der Waals surface area contributed by atoms with Crippen LogP contribution in [0, 0.1) is 0 Å². The maximum atomic E-state index is 12.0. The van der Waals surface area contributed by atoms with Gasteiger partial charge in [0.05, 0.1) is 10.8 Å². The third-order valence-electron chi connectivity index (χ3n) is 3.21. The minimum atomic E-state index is -3.52. The summed E-state index contributed by atoms with van der Waals surface area (Å²) in [7, 11) is -3.52. The van der Waals surface area contributed by atoms with Gasteiger partial charge in [0.15, 0.2) is 15.4 Å². The van der Waals surface area contributed by atoms with E-state index in [4.69, 9.17) is 4.42 Å². The van der Waals surface area contributed by atoms with Crippen molar-refractivity contribution in [3.63, 3.8) is 0 Å². The van der Waals surface area contributed by atoms with Gasteiger partial charge in [-0.05, 0) is 39.0 Å². The number of oxazole rings is 1. The van der Waals surface area contributed by atoms with Crippen LogP contribution in [0.15, 0.2) is 27.4 Å². The Balaban J connectivity index is 2.23. The summed E-state index contributed by atoms with van der Waals surface area (Å²) in [5, 5.41) is 0.733. The van der Waals surface area contributed by atoms with Gasteiger partial charge in [-0.1, -0.05) is 0 Å².